The quantitative estimate of drug-likeness (QED) is 0.485. The molecule has 58 valence electrons. The topological polar surface area (TPSA) is 62.8 Å². The minimum Gasteiger partial charge on any atom is -0.387 e. The van der Waals surface area contributed by atoms with Crippen molar-refractivity contribution in [2.45, 2.75) is 6.42 Å². The molecule has 3 nitrogen and oxygen atoms in total. The third-order valence-electron chi connectivity index (χ3n) is 1.24. The fourth-order valence-corrected chi connectivity index (χ4v) is 0.753. The SMILES string of the molecule is N=C(N)Cc1ccncc1F. The first-order valence-electron chi connectivity index (χ1n) is 3.11. The molecule has 0 amide bonds. The first kappa shape index (κ1) is 7.65. The van der Waals surface area contributed by atoms with Crippen LogP contribution in [0.5, 0.6) is 0 Å². The van der Waals surface area contributed by atoms with Gasteiger partial charge < -0.3 is 5.73 Å². The highest BCUT2D eigenvalue weighted by molar-refractivity contribution is 5.79. The van der Waals surface area contributed by atoms with Gasteiger partial charge in [0.15, 0.2) is 0 Å². The van der Waals surface area contributed by atoms with Gasteiger partial charge in [0.05, 0.1) is 12.0 Å². The molecule has 0 saturated carbocycles. The van der Waals surface area contributed by atoms with Crippen molar-refractivity contribution in [3.63, 3.8) is 0 Å². The number of nitrogens with zero attached hydrogens (tertiary/aromatic N) is 1. The Kier molecular flexibility index (Phi) is 2.15. The van der Waals surface area contributed by atoms with Gasteiger partial charge in [0, 0.05) is 12.6 Å². The van der Waals surface area contributed by atoms with E-state index in [4.69, 9.17) is 11.1 Å². The van der Waals surface area contributed by atoms with Crippen LogP contribution >= 0.6 is 0 Å². The van der Waals surface area contributed by atoms with E-state index in [1.165, 1.54) is 12.3 Å². The lowest BCUT2D eigenvalue weighted by Crippen LogP contribution is -2.13. The second kappa shape index (κ2) is 3.09. The Bertz CT molecular complexity index is 272. The van der Waals surface area contributed by atoms with Crippen LogP contribution in [0.15, 0.2) is 18.5 Å². The summed E-state index contributed by atoms with van der Waals surface area (Å²) in [5.41, 5.74) is 5.50. The Labute approximate surface area is 63.6 Å². The highest BCUT2D eigenvalue weighted by Gasteiger charge is 2.01. The summed E-state index contributed by atoms with van der Waals surface area (Å²) in [4.78, 5) is 3.57. The van der Waals surface area contributed by atoms with Crippen molar-refractivity contribution in [1.82, 2.24) is 4.98 Å². The summed E-state index contributed by atoms with van der Waals surface area (Å²) >= 11 is 0. The zero-order valence-corrected chi connectivity index (χ0v) is 5.84. The maximum atomic E-state index is 12.7. The zero-order valence-electron chi connectivity index (χ0n) is 5.84. The van der Waals surface area contributed by atoms with Crippen molar-refractivity contribution in [2.75, 3.05) is 0 Å². The van der Waals surface area contributed by atoms with Gasteiger partial charge in [0.25, 0.3) is 0 Å². The molecule has 0 atom stereocenters. The van der Waals surface area contributed by atoms with Gasteiger partial charge >= 0.3 is 0 Å². The maximum absolute atomic E-state index is 12.7. The third-order valence-corrected chi connectivity index (χ3v) is 1.24. The number of amidine groups is 1. The number of rotatable bonds is 2. The predicted octanol–water partition coefficient (Wildman–Crippen LogP) is 0.699. The molecule has 0 aliphatic carbocycles. The van der Waals surface area contributed by atoms with Crippen molar-refractivity contribution < 1.29 is 4.39 Å². The van der Waals surface area contributed by atoms with E-state index >= 15 is 0 Å². The molecule has 11 heavy (non-hydrogen) atoms. The Morgan fingerprint density at radius 3 is 3.00 bits per heavy atom. The molecule has 0 unspecified atom stereocenters. The van der Waals surface area contributed by atoms with Gasteiger partial charge in [-0.25, -0.2) is 4.39 Å². The summed E-state index contributed by atoms with van der Waals surface area (Å²) in [7, 11) is 0. The molecule has 1 rings (SSSR count). The van der Waals surface area contributed by atoms with Crippen LogP contribution in [0, 0.1) is 11.2 Å². The molecule has 0 spiro atoms. The molecule has 1 heterocycles. The summed E-state index contributed by atoms with van der Waals surface area (Å²) < 4.78 is 12.7. The predicted molar refractivity (Wildman–Crippen MR) is 39.8 cm³/mol. The molecule has 0 saturated heterocycles. The molecule has 0 bridgehead atoms. The first-order valence-corrected chi connectivity index (χ1v) is 3.11. The second-order valence-electron chi connectivity index (χ2n) is 2.17. The number of nitrogens with one attached hydrogen (secondary N) is 1. The van der Waals surface area contributed by atoms with Crippen molar-refractivity contribution in [3.05, 3.63) is 29.8 Å². The van der Waals surface area contributed by atoms with Crippen molar-refractivity contribution >= 4 is 5.84 Å². The lowest BCUT2D eigenvalue weighted by atomic mass is 10.2. The molecule has 4 heteroatoms. The lowest BCUT2D eigenvalue weighted by Gasteiger charge is -1.98. The molecule has 0 fully saturated rings. The number of aromatic nitrogens is 1. The van der Waals surface area contributed by atoms with Crippen LogP contribution in [0.4, 0.5) is 4.39 Å². The number of nitrogens with two attached hydrogens (primary N) is 1. The second-order valence-corrected chi connectivity index (χ2v) is 2.17. The number of hydrogen-bond donors (Lipinski definition) is 2. The average Bonchev–Trinajstić information content (AvgIpc) is 1.93. The van der Waals surface area contributed by atoms with E-state index in [1.807, 2.05) is 0 Å². The molecule has 0 aliphatic rings. The molecule has 1 aromatic heterocycles. The summed E-state index contributed by atoms with van der Waals surface area (Å²) in [6.45, 7) is 0. The minimum absolute atomic E-state index is 0.0462. The van der Waals surface area contributed by atoms with E-state index in [0.717, 1.165) is 6.20 Å². The summed E-state index contributed by atoms with van der Waals surface area (Å²) in [6, 6.07) is 1.51. The van der Waals surface area contributed by atoms with E-state index in [9.17, 15) is 4.39 Å². The normalized spacial score (nSPS) is 9.55. The maximum Gasteiger partial charge on any atom is 0.145 e. The van der Waals surface area contributed by atoms with E-state index < -0.39 is 5.82 Å². The van der Waals surface area contributed by atoms with E-state index in [2.05, 4.69) is 4.98 Å². The number of hydrogen-bond acceptors (Lipinski definition) is 2. The van der Waals surface area contributed by atoms with Crippen LogP contribution in [0.2, 0.25) is 0 Å². The Hall–Kier alpha value is -1.45. The van der Waals surface area contributed by atoms with Crippen LogP contribution < -0.4 is 5.73 Å². The zero-order chi connectivity index (χ0) is 8.27. The van der Waals surface area contributed by atoms with Gasteiger partial charge in [0.1, 0.15) is 5.82 Å². The Morgan fingerprint density at radius 2 is 2.45 bits per heavy atom. The van der Waals surface area contributed by atoms with Gasteiger partial charge in [-0.15, -0.1) is 0 Å². The molecular formula is C7H8FN3. The fourth-order valence-electron chi connectivity index (χ4n) is 0.753. The lowest BCUT2D eigenvalue weighted by molar-refractivity contribution is 0.609. The molecule has 0 aromatic carbocycles. The largest absolute Gasteiger partial charge is 0.387 e. The molecule has 0 radical (unpaired) electrons. The van der Waals surface area contributed by atoms with E-state index in [-0.39, 0.29) is 12.3 Å². The van der Waals surface area contributed by atoms with Crippen molar-refractivity contribution in [3.8, 4) is 0 Å². The van der Waals surface area contributed by atoms with Crippen LogP contribution in [-0.4, -0.2) is 10.8 Å². The van der Waals surface area contributed by atoms with E-state index in [0.29, 0.717) is 5.56 Å². The van der Waals surface area contributed by atoms with Crippen LogP contribution in [-0.2, 0) is 6.42 Å². The third kappa shape index (κ3) is 2.00. The number of pyridine rings is 1. The van der Waals surface area contributed by atoms with Crippen LogP contribution in [0.3, 0.4) is 0 Å². The Balaban J connectivity index is 2.86. The molecular weight excluding hydrogens is 145 g/mol. The molecule has 1 aromatic rings. The smallest absolute Gasteiger partial charge is 0.145 e. The van der Waals surface area contributed by atoms with Gasteiger partial charge in [-0.2, -0.15) is 0 Å². The summed E-state index contributed by atoms with van der Waals surface area (Å²) in [5.74, 6) is -0.460. The minimum atomic E-state index is -0.414. The monoisotopic (exact) mass is 153 g/mol. The van der Waals surface area contributed by atoms with E-state index in [1.54, 1.807) is 0 Å². The van der Waals surface area contributed by atoms with Gasteiger partial charge in [-0.1, -0.05) is 0 Å². The summed E-state index contributed by atoms with van der Waals surface area (Å²) in [5, 5.41) is 6.92. The van der Waals surface area contributed by atoms with Crippen LogP contribution in [0.25, 0.3) is 0 Å². The van der Waals surface area contributed by atoms with Gasteiger partial charge in [-0.3, -0.25) is 10.4 Å². The van der Waals surface area contributed by atoms with Gasteiger partial charge in [-0.05, 0) is 11.6 Å². The average molecular weight is 153 g/mol. The fraction of sp³-hybridized carbons (Fsp3) is 0.143. The highest BCUT2D eigenvalue weighted by Crippen LogP contribution is 2.03. The van der Waals surface area contributed by atoms with Crippen LogP contribution in [0.1, 0.15) is 5.56 Å². The standard InChI is InChI=1S/C7H8FN3/c8-6-4-11-2-1-5(6)3-7(9)10/h1-2,4H,3H2,(H3,9,10). The van der Waals surface area contributed by atoms with Crippen molar-refractivity contribution in [2.24, 2.45) is 5.73 Å². The highest BCUT2D eigenvalue weighted by atomic mass is 19.1. The molecule has 0 aliphatic heterocycles. The first-order chi connectivity index (χ1) is 5.20. The summed E-state index contributed by atoms with van der Waals surface area (Å²) in [6.07, 6.45) is 2.73. The van der Waals surface area contributed by atoms with Crippen molar-refractivity contribution in [1.29, 1.82) is 5.41 Å². The molecule has 3 N–H and O–H groups in total. The Morgan fingerprint density at radius 1 is 1.73 bits per heavy atom. The van der Waals surface area contributed by atoms with Gasteiger partial charge in [0.2, 0.25) is 0 Å². The number of halogens is 1.